The molecule has 0 amide bonds. The van der Waals surface area contributed by atoms with Crippen LogP contribution in [-0.4, -0.2) is 0 Å². The molecule has 2 fully saturated rings. The molecule has 0 aromatic rings. The summed E-state index contributed by atoms with van der Waals surface area (Å²) in [6.45, 7) is 4.68. The molecule has 21 heavy (non-hydrogen) atoms. The summed E-state index contributed by atoms with van der Waals surface area (Å²) in [7, 11) is 0. The fraction of sp³-hybridized carbons (Fsp3) is 1.00. The summed E-state index contributed by atoms with van der Waals surface area (Å²) in [5.74, 6) is 4.37. The molecular formula is C21H40. The van der Waals surface area contributed by atoms with E-state index in [4.69, 9.17) is 0 Å². The summed E-state index contributed by atoms with van der Waals surface area (Å²) >= 11 is 0. The summed E-state index contributed by atoms with van der Waals surface area (Å²) in [6.07, 6.45) is 22.8. The SMILES string of the molecule is CCCCC[C@H]1CC[C@H](C[C@H]2CC[C@H](CCC)CC2)CC1. The molecule has 124 valence electrons. The van der Waals surface area contributed by atoms with Gasteiger partial charge in [-0.25, -0.2) is 0 Å². The summed E-state index contributed by atoms with van der Waals surface area (Å²) in [5.41, 5.74) is 0. The monoisotopic (exact) mass is 292 g/mol. The average molecular weight is 293 g/mol. The fourth-order valence-corrected chi connectivity index (χ4v) is 5.07. The maximum Gasteiger partial charge on any atom is -0.0411 e. The van der Waals surface area contributed by atoms with Gasteiger partial charge in [-0.1, -0.05) is 104 Å². The van der Waals surface area contributed by atoms with Gasteiger partial charge in [0.05, 0.1) is 0 Å². The first kappa shape index (κ1) is 17.4. The van der Waals surface area contributed by atoms with Gasteiger partial charge in [-0.15, -0.1) is 0 Å². The third-order valence-corrected chi connectivity index (χ3v) is 6.51. The van der Waals surface area contributed by atoms with Gasteiger partial charge in [0.15, 0.2) is 0 Å². The first-order chi connectivity index (χ1) is 10.3. The third kappa shape index (κ3) is 6.33. The van der Waals surface area contributed by atoms with Crippen LogP contribution < -0.4 is 0 Å². The Morgan fingerprint density at radius 3 is 1.48 bits per heavy atom. The lowest BCUT2D eigenvalue weighted by Crippen LogP contribution is -2.21. The van der Waals surface area contributed by atoms with Crippen LogP contribution in [0.3, 0.4) is 0 Å². The maximum absolute atomic E-state index is 2.35. The number of hydrogen-bond acceptors (Lipinski definition) is 0. The molecule has 0 spiro atoms. The average Bonchev–Trinajstić information content (AvgIpc) is 2.51. The second kappa shape index (κ2) is 9.90. The van der Waals surface area contributed by atoms with E-state index in [2.05, 4.69) is 13.8 Å². The van der Waals surface area contributed by atoms with Crippen molar-refractivity contribution in [2.75, 3.05) is 0 Å². The van der Waals surface area contributed by atoms with E-state index in [1.165, 1.54) is 38.5 Å². The van der Waals surface area contributed by atoms with Crippen molar-refractivity contribution < 1.29 is 0 Å². The van der Waals surface area contributed by atoms with Crippen LogP contribution >= 0.6 is 0 Å². The van der Waals surface area contributed by atoms with Gasteiger partial charge in [0.2, 0.25) is 0 Å². The van der Waals surface area contributed by atoms with Crippen molar-refractivity contribution in [1.29, 1.82) is 0 Å². The second-order valence-corrected chi connectivity index (χ2v) is 8.29. The highest BCUT2D eigenvalue weighted by atomic mass is 14.3. The van der Waals surface area contributed by atoms with Crippen molar-refractivity contribution in [1.82, 2.24) is 0 Å². The van der Waals surface area contributed by atoms with Crippen LogP contribution in [0.15, 0.2) is 0 Å². The van der Waals surface area contributed by atoms with Crippen LogP contribution in [-0.2, 0) is 0 Å². The number of hydrogen-bond donors (Lipinski definition) is 0. The highest BCUT2D eigenvalue weighted by Crippen LogP contribution is 2.40. The molecule has 2 aliphatic rings. The number of unbranched alkanes of at least 4 members (excludes halogenated alkanes) is 2. The van der Waals surface area contributed by atoms with E-state index in [0.717, 1.165) is 23.7 Å². The van der Waals surface area contributed by atoms with Crippen LogP contribution in [0.5, 0.6) is 0 Å². The highest BCUT2D eigenvalue weighted by molar-refractivity contribution is 4.78. The quantitative estimate of drug-likeness (QED) is 0.410. The molecule has 0 radical (unpaired) electrons. The van der Waals surface area contributed by atoms with Crippen LogP contribution in [0.2, 0.25) is 0 Å². The Bertz CT molecular complexity index is 241. The molecule has 0 atom stereocenters. The molecule has 2 rings (SSSR count). The van der Waals surface area contributed by atoms with Gasteiger partial charge in [-0.2, -0.15) is 0 Å². The predicted octanol–water partition coefficient (Wildman–Crippen LogP) is 7.37. The summed E-state index contributed by atoms with van der Waals surface area (Å²) in [5, 5.41) is 0. The van der Waals surface area contributed by atoms with Gasteiger partial charge in [0, 0.05) is 0 Å². The number of rotatable bonds is 8. The lowest BCUT2D eigenvalue weighted by Gasteiger charge is -2.34. The van der Waals surface area contributed by atoms with E-state index < -0.39 is 0 Å². The zero-order valence-corrected chi connectivity index (χ0v) is 14.9. The predicted molar refractivity (Wildman–Crippen MR) is 94.6 cm³/mol. The van der Waals surface area contributed by atoms with E-state index in [1.54, 1.807) is 57.8 Å². The highest BCUT2D eigenvalue weighted by Gasteiger charge is 2.26. The minimum absolute atomic E-state index is 1.08. The first-order valence-corrected chi connectivity index (χ1v) is 10.3. The Balaban J connectivity index is 1.57. The lowest BCUT2D eigenvalue weighted by atomic mass is 9.72. The molecule has 0 unspecified atom stereocenters. The molecule has 2 saturated carbocycles. The Labute approximate surface area is 134 Å². The summed E-state index contributed by atoms with van der Waals surface area (Å²) in [6, 6.07) is 0. The van der Waals surface area contributed by atoms with Crippen LogP contribution in [0, 0.1) is 23.7 Å². The molecule has 0 saturated heterocycles. The zero-order valence-electron chi connectivity index (χ0n) is 14.9. The smallest absolute Gasteiger partial charge is 0.0411 e. The van der Waals surface area contributed by atoms with Gasteiger partial charge in [-0.3, -0.25) is 0 Å². The Hall–Kier alpha value is 0. The van der Waals surface area contributed by atoms with E-state index >= 15 is 0 Å². The van der Waals surface area contributed by atoms with Crippen molar-refractivity contribution in [3.8, 4) is 0 Å². The molecule has 0 N–H and O–H groups in total. The third-order valence-electron chi connectivity index (χ3n) is 6.51. The zero-order chi connectivity index (χ0) is 14.9. The minimum atomic E-state index is 1.08. The van der Waals surface area contributed by atoms with E-state index in [1.807, 2.05) is 0 Å². The van der Waals surface area contributed by atoms with Crippen LogP contribution in [0.1, 0.15) is 110 Å². The van der Waals surface area contributed by atoms with Gasteiger partial charge in [-0.05, 0) is 30.1 Å². The van der Waals surface area contributed by atoms with Gasteiger partial charge in [0.25, 0.3) is 0 Å². The minimum Gasteiger partial charge on any atom is -0.0654 e. The molecule has 0 aromatic carbocycles. The van der Waals surface area contributed by atoms with Crippen molar-refractivity contribution in [2.45, 2.75) is 110 Å². The Morgan fingerprint density at radius 1 is 0.524 bits per heavy atom. The van der Waals surface area contributed by atoms with E-state index in [9.17, 15) is 0 Å². The van der Waals surface area contributed by atoms with Gasteiger partial charge < -0.3 is 0 Å². The molecule has 0 heteroatoms. The van der Waals surface area contributed by atoms with Crippen molar-refractivity contribution in [3.63, 3.8) is 0 Å². The van der Waals surface area contributed by atoms with E-state index in [0.29, 0.717) is 0 Å². The van der Waals surface area contributed by atoms with Crippen LogP contribution in [0.4, 0.5) is 0 Å². The molecule has 0 aliphatic heterocycles. The molecular weight excluding hydrogens is 252 g/mol. The molecule has 0 nitrogen and oxygen atoms in total. The van der Waals surface area contributed by atoms with Gasteiger partial charge >= 0.3 is 0 Å². The largest absolute Gasteiger partial charge is 0.0654 e. The van der Waals surface area contributed by atoms with Crippen molar-refractivity contribution in [2.24, 2.45) is 23.7 Å². The standard InChI is InChI=1S/C21H40/c1-3-5-6-8-19-11-15-21(16-12-19)17-20-13-9-18(7-4-2)10-14-20/h18-21H,3-17H2,1-2H3/t18-,19-,20-,21-. The normalized spacial score (nSPS) is 34.0. The summed E-state index contributed by atoms with van der Waals surface area (Å²) in [4.78, 5) is 0. The first-order valence-electron chi connectivity index (χ1n) is 10.3. The molecule has 0 heterocycles. The Kier molecular flexibility index (Phi) is 8.19. The lowest BCUT2D eigenvalue weighted by molar-refractivity contribution is 0.183. The molecule has 0 bridgehead atoms. The topological polar surface area (TPSA) is 0 Å². The molecule has 0 aromatic heterocycles. The summed E-state index contributed by atoms with van der Waals surface area (Å²) < 4.78 is 0. The molecule has 2 aliphatic carbocycles. The maximum atomic E-state index is 2.35. The van der Waals surface area contributed by atoms with Crippen molar-refractivity contribution >= 4 is 0 Å². The fourth-order valence-electron chi connectivity index (χ4n) is 5.07. The van der Waals surface area contributed by atoms with Gasteiger partial charge in [0.1, 0.15) is 0 Å². The Morgan fingerprint density at radius 2 is 1.00 bits per heavy atom. The second-order valence-electron chi connectivity index (χ2n) is 8.29. The van der Waals surface area contributed by atoms with Crippen LogP contribution in [0.25, 0.3) is 0 Å². The van der Waals surface area contributed by atoms with Crippen molar-refractivity contribution in [3.05, 3.63) is 0 Å². The van der Waals surface area contributed by atoms with E-state index in [-0.39, 0.29) is 0 Å².